The molecule has 6 aliphatic rings. The molecule has 5 aromatic rings. The highest BCUT2D eigenvalue weighted by Crippen LogP contribution is 2.54. The lowest BCUT2D eigenvalue weighted by atomic mass is 9.90. The number of aromatic amines is 1. The van der Waals surface area contributed by atoms with Gasteiger partial charge in [0.2, 0.25) is 11.8 Å². The fraction of sp³-hybridized carbons (Fsp3) is 0.451. The lowest BCUT2D eigenvalue weighted by Gasteiger charge is -2.36. The lowest BCUT2D eigenvalue weighted by molar-refractivity contribution is -0.137. The standard InChI is InChI=1S/C51H53N7O7/c1-26(2)44(55-50(61)63-3)48(59)58-41-22-33(41)24-43(58)47-53-38-14-10-31-20-28(8-12-35(31)46(38)54-47)6-5-27-7-11-34-30(19-27)9-13-37-36(34)25-39(52-37)42-23-32-21-40(32)57(42)49(60)45(56-51(62)64-4)29-15-17-65-18-16-29/h7-14,19-20,26,29,32-33,40-45H,15-18,21-25H2,1-4H3,(H,53,54)(H,55,61)(H,56,62)/t32-,33-,40-,41-,42+,43+,44+,45+/m1/s1. The largest absolute Gasteiger partial charge is 0.453 e. The number of fused-ring (bicyclic) bond motifs is 8. The number of nitrogens with zero attached hydrogens (tertiary/aromatic N) is 4. The summed E-state index contributed by atoms with van der Waals surface area (Å²) in [7, 11) is 2.64. The van der Waals surface area contributed by atoms with E-state index in [0.717, 1.165) is 86.6 Å². The van der Waals surface area contributed by atoms with Crippen molar-refractivity contribution in [2.24, 2.45) is 28.7 Å². The zero-order valence-corrected chi connectivity index (χ0v) is 37.1. The first-order valence-corrected chi connectivity index (χ1v) is 23.1. The number of likely N-dealkylation sites (tertiary alicyclic amines) is 2. The van der Waals surface area contributed by atoms with Gasteiger partial charge in [0.15, 0.2) is 0 Å². The molecular weight excluding hydrogens is 823 g/mol. The zero-order valence-electron chi connectivity index (χ0n) is 37.1. The summed E-state index contributed by atoms with van der Waals surface area (Å²) in [4.78, 5) is 70.7. The number of benzene rings is 4. The Labute approximate surface area is 376 Å². The van der Waals surface area contributed by atoms with Gasteiger partial charge in [0.25, 0.3) is 0 Å². The molecule has 65 heavy (non-hydrogen) atoms. The Bertz CT molecular complexity index is 2890. The van der Waals surface area contributed by atoms with Crippen LogP contribution in [0.4, 0.5) is 15.3 Å². The van der Waals surface area contributed by atoms with Gasteiger partial charge in [-0.1, -0.05) is 50.0 Å². The Morgan fingerprint density at radius 2 is 1.40 bits per heavy atom. The van der Waals surface area contributed by atoms with E-state index in [4.69, 9.17) is 24.2 Å². The Morgan fingerprint density at radius 3 is 2.09 bits per heavy atom. The number of amides is 4. The number of hydrogen-bond donors (Lipinski definition) is 3. The van der Waals surface area contributed by atoms with Gasteiger partial charge in [0, 0.05) is 53.9 Å². The maximum absolute atomic E-state index is 14.4. The van der Waals surface area contributed by atoms with E-state index in [1.54, 1.807) is 0 Å². The molecule has 0 bridgehead atoms. The predicted molar refractivity (Wildman–Crippen MR) is 245 cm³/mol. The molecule has 3 saturated heterocycles. The van der Waals surface area contributed by atoms with Gasteiger partial charge in [-0.25, -0.2) is 14.6 Å². The average molecular weight is 876 g/mol. The number of aliphatic imine (C=N–C) groups is 1. The van der Waals surface area contributed by atoms with Crippen molar-refractivity contribution in [3.05, 3.63) is 83.2 Å². The highest BCUT2D eigenvalue weighted by atomic mass is 16.5. The van der Waals surface area contributed by atoms with Crippen molar-refractivity contribution in [2.75, 3.05) is 27.4 Å². The van der Waals surface area contributed by atoms with E-state index in [9.17, 15) is 19.2 Å². The minimum absolute atomic E-state index is 0.00988. The Balaban J connectivity index is 0.800. The first kappa shape index (κ1) is 41.3. The van der Waals surface area contributed by atoms with Crippen LogP contribution in [0, 0.1) is 35.5 Å². The Hall–Kier alpha value is -6.46. The number of rotatable bonds is 8. The minimum atomic E-state index is -0.688. The number of piperidine rings is 2. The van der Waals surface area contributed by atoms with E-state index < -0.39 is 24.3 Å². The van der Waals surface area contributed by atoms with Crippen molar-refractivity contribution in [1.29, 1.82) is 0 Å². The molecule has 1 aromatic heterocycles. The van der Waals surface area contributed by atoms with Gasteiger partial charge >= 0.3 is 12.2 Å². The zero-order chi connectivity index (χ0) is 44.7. The van der Waals surface area contributed by atoms with E-state index in [2.05, 4.69) is 76.0 Å². The average Bonchev–Trinajstić information content (AvgIpc) is 3.97. The van der Waals surface area contributed by atoms with Crippen LogP contribution >= 0.6 is 0 Å². The molecule has 3 N–H and O–H groups in total. The summed E-state index contributed by atoms with van der Waals surface area (Å²) in [5.74, 6) is 8.18. The second-order valence-electron chi connectivity index (χ2n) is 19.1. The highest BCUT2D eigenvalue weighted by molar-refractivity contribution is 6.06. The van der Waals surface area contributed by atoms with Crippen LogP contribution in [0.2, 0.25) is 0 Å². The molecular formula is C51H53N7O7. The summed E-state index contributed by atoms with van der Waals surface area (Å²) in [5, 5.41) is 9.89. The van der Waals surface area contributed by atoms with Crippen molar-refractivity contribution in [3.63, 3.8) is 0 Å². The monoisotopic (exact) mass is 875 g/mol. The molecule has 5 heterocycles. The molecule has 5 fully saturated rings. The van der Waals surface area contributed by atoms with Crippen LogP contribution in [-0.2, 0) is 30.2 Å². The van der Waals surface area contributed by atoms with Gasteiger partial charge in [-0.2, -0.15) is 0 Å². The molecule has 2 saturated carbocycles. The number of alkyl carbamates (subject to hydrolysis) is 2. The summed E-state index contributed by atoms with van der Waals surface area (Å²) in [6.45, 7) is 5.00. The smallest absolute Gasteiger partial charge is 0.407 e. The molecule has 2 aliphatic carbocycles. The summed E-state index contributed by atoms with van der Waals surface area (Å²) in [5.41, 5.74) is 6.68. The molecule has 0 radical (unpaired) electrons. The number of hydrogen-bond acceptors (Lipinski definition) is 9. The van der Waals surface area contributed by atoms with E-state index in [-0.39, 0.29) is 47.8 Å². The number of ether oxygens (including phenoxy) is 3. The van der Waals surface area contributed by atoms with Crippen LogP contribution in [0.1, 0.15) is 80.9 Å². The highest BCUT2D eigenvalue weighted by Gasteiger charge is 2.58. The molecule has 14 heteroatoms. The van der Waals surface area contributed by atoms with Gasteiger partial charge in [-0.05, 0) is 120 Å². The number of nitrogens with one attached hydrogen (secondary N) is 3. The first-order chi connectivity index (χ1) is 31.6. The molecule has 11 rings (SSSR count). The number of aromatic nitrogens is 2. The normalized spacial score (nSPS) is 25.0. The molecule has 0 unspecified atom stereocenters. The van der Waals surface area contributed by atoms with Gasteiger partial charge in [-0.15, -0.1) is 0 Å². The van der Waals surface area contributed by atoms with Gasteiger partial charge in [0.05, 0.1) is 43.0 Å². The Morgan fingerprint density at radius 1 is 0.769 bits per heavy atom. The number of imidazole rings is 1. The third-order valence-electron chi connectivity index (χ3n) is 14.8. The van der Waals surface area contributed by atoms with Crippen LogP contribution in [-0.4, -0.2) is 107 Å². The maximum atomic E-state index is 14.4. The second kappa shape index (κ2) is 16.2. The first-order valence-electron chi connectivity index (χ1n) is 23.1. The van der Waals surface area contributed by atoms with E-state index in [1.165, 1.54) is 19.8 Å². The second-order valence-corrected chi connectivity index (χ2v) is 19.1. The lowest BCUT2D eigenvalue weighted by Crippen LogP contribution is -2.56. The SMILES string of the molecule is COC(=O)N[C@H](C(=O)N1[C@@H]2C[C@@H]2C[C@H]1c1nc2c(ccc3cc(C#Cc4ccc5c6c(ccc5c4)N=C([C@@H]4C[C@H]5C[C@H]5N4C(=O)[C@@H](NC(=O)OC)C4CCOCC4)C6)ccc32)[nH]1)C(C)C. The van der Waals surface area contributed by atoms with Gasteiger partial charge in [-0.3, -0.25) is 14.6 Å². The predicted octanol–water partition coefficient (Wildman–Crippen LogP) is 7.08. The minimum Gasteiger partial charge on any atom is -0.453 e. The summed E-state index contributed by atoms with van der Waals surface area (Å²) < 4.78 is 15.4. The summed E-state index contributed by atoms with van der Waals surface area (Å²) in [6, 6.07) is 19.5. The van der Waals surface area contributed by atoms with Crippen molar-refractivity contribution < 1.29 is 33.4 Å². The number of carbonyl (C=O) groups excluding carboxylic acids is 4. The molecule has 334 valence electrons. The van der Waals surface area contributed by atoms with Crippen molar-refractivity contribution >= 4 is 68.0 Å². The number of carbonyl (C=O) groups is 4. The number of methoxy groups -OCH3 is 2. The molecule has 8 atom stereocenters. The van der Waals surface area contributed by atoms with Crippen LogP contribution in [0.3, 0.4) is 0 Å². The van der Waals surface area contributed by atoms with E-state index >= 15 is 0 Å². The molecule has 4 aliphatic heterocycles. The molecule has 14 nitrogen and oxygen atoms in total. The maximum Gasteiger partial charge on any atom is 0.407 e. The molecule has 4 aromatic carbocycles. The number of H-pyrrole nitrogens is 1. The third-order valence-corrected chi connectivity index (χ3v) is 14.8. The quantitative estimate of drug-likeness (QED) is 0.139. The van der Waals surface area contributed by atoms with Crippen LogP contribution < -0.4 is 10.6 Å². The summed E-state index contributed by atoms with van der Waals surface area (Å²) in [6.07, 6.45) is 4.58. The van der Waals surface area contributed by atoms with Gasteiger partial charge in [0.1, 0.15) is 17.9 Å². The fourth-order valence-corrected chi connectivity index (χ4v) is 11.2. The van der Waals surface area contributed by atoms with Crippen LogP contribution in [0.25, 0.3) is 32.6 Å². The fourth-order valence-electron chi connectivity index (χ4n) is 11.2. The van der Waals surface area contributed by atoms with E-state index in [0.29, 0.717) is 44.3 Å². The summed E-state index contributed by atoms with van der Waals surface area (Å²) >= 11 is 0. The van der Waals surface area contributed by atoms with Crippen molar-refractivity contribution in [1.82, 2.24) is 30.4 Å². The van der Waals surface area contributed by atoms with Crippen LogP contribution in [0.15, 0.2) is 65.7 Å². The third kappa shape index (κ3) is 7.43. The van der Waals surface area contributed by atoms with Crippen molar-refractivity contribution in [3.8, 4) is 11.8 Å². The van der Waals surface area contributed by atoms with E-state index in [1.807, 2.05) is 35.8 Å². The molecule has 4 amide bonds. The van der Waals surface area contributed by atoms with Crippen LogP contribution in [0.5, 0.6) is 0 Å². The van der Waals surface area contributed by atoms with Crippen molar-refractivity contribution in [2.45, 2.75) is 95.0 Å². The molecule has 0 spiro atoms. The van der Waals surface area contributed by atoms with Gasteiger partial charge < -0.3 is 39.6 Å². The topological polar surface area (TPSA) is 168 Å². The Kier molecular flexibility index (Phi) is 10.3.